The summed E-state index contributed by atoms with van der Waals surface area (Å²) in [6, 6.07) is 1.66. The molecular weight excluding hydrogens is 296 g/mol. The van der Waals surface area contributed by atoms with Crippen LogP contribution in [0.1, 0.15) is 49.7 Å². The van der Waals surface area contributed by atoms with Crippen molar-refractivity contribution < 1.29 is 4.79 Å². The number of carbonyl (C=O) groups excluding carboxylic acids is 1. The molecule has 0 spiro atoms. The van der Waals surface area contributed by atoms with Crippen LogP contribution in [0.2, 0.25) is 0 Å². The van der Waals surface area contributed by atoms with E-state index in [1.165, 1.54) is 0 Å². The first-order valence-corrected chi connectivity index (χ1v) is 7.01. The zero-order valence-electron chi connectivity index (χ0n) is 11.0. The maximum Gasteiger partial charge on any atom is 0.261 e. The number of pyridine rings is 1. The average Bonchev–Trinajstić information content (AvgIpc) is 2.33. The highest BCUT2D eigenvalue weighted by Gasteiger charge is 2.14. The number of rotatable bonds is 5. The van der Waals surface area contributed by atoms with Crippen molar-refractivity contribution in [2.75, 3.05) is 0 Å². The van der Waals surface area contributed by atoms with Gasteiger partial charge in [0.25, 0.3) is 11.5 Å². The van der Waals surface area contributed by atoms with Gasteiger partial charge in [-0.05, 0) is 41.8 Å². The third kappa shape index (κ3) is 3.70. The fourth-order valence-electron chi connectivity index (χ4n) is 1.55. The van der Waals surface area contributed by atoms with Crippen molar-refractivity contribution in [3.63, 3.8) is 0 Å². The number of halogens is 1. The van der Waals surface area contributed by atoms with Crippen LogP contribution < -0.4 is 10.9 Å². The van der Waals surface area contributed by atoms with Gasteiger partial charge < -0.3 is 10.3 Å². The van der Waals surface area contributed by atoms with E-state index >= 15 is 0 Å². The van der Waals surface area contributed by atoms with Crippen molar-refractivity contribution in [1.29, 1.82) is 0 Å². The second-order valence-corrected chi connectivity index (χ2v) is 5.23. The molecule has 0 fully saturated rings. The standard InChI is InChI=1S/C13H19BrN2O2/c1-4-6-11-10(14)7-9(13(18)16-11)12(17)15-8(3)5-2/h7-8H,4-6H2,1-3H3,(H,15,17)(H,16,18)/t8-/m0/s1. The van der Waals surface area contributed by atoms with Crippen molar-refractivity contribution in [1.82, 2.24) is 10.3 Å². The second kappa shape index (κ2) is 6.73. The van der Waals surface area contributed by atoms with Crippen LogP contribution in [0.5, 0.6) is 0 Å². The molecule has 0 aliphatic heterocycles. The zero-order valence-corrected chi connectivity index (χ0v) is 12.6. The van der Waals surface area contributed by atoms with Gasteiger partial charge in [0.1, 0.15) is 5.56 Å². The van der Waals surface area contributed by atoms with E-state index in [-0.39, 0.29) is 23.1 Å². The summed E-state index contributed by atoms with van der Waals surface area (Å²) in [5.74, 6) is -0.325. The summed E-state index contributed by atoms with van der Waals surface area (Å²) >= 11 is 3.38. The van der Waals surface area contributed by atoms with E-state index in [1.54, 1.807) is 6.07 Å². The monoisotopic (exact) mass is 314 g/mol. The van der Waals surface area contributed by atoms with Crippen molar-refractivity contribution >= 4 is 21.8 Å². The number of nitrogens with one attached hydrogen (secondary N) is 2. The van der Waals surface area contributed by atoms with Gasteiger partial charge in [0.15, 0.2) is 0 Å². The Morgan fingerprint density at radius 1 is 1.50 bits per heavy atom. The molecule has 100 valence electrons. The van der Waals surface area contributed by atoms with Crippen LogP contribution in [0.15, 0.2) is 15.3 Å². The maximum absolute atomic E-state index is 11.9. The Kier molecular flexibility index (Phi) is 5.59. The molecule has 18 heavy (non-hydrogen) atoms. The lowest BCUT2D eigenvalue weighted by Crippen LogP contribution is -2.35. The summed E-state index contributed by atoms with van der Waals surface area (Å²) < 4.78 is 0.776. The van der Waals surface area contributed by atoms with Crippen LogP contribution in [-0.4, -0.2) is 16.9 Å². The molecule has 1 aromatic rings. The summed E-state index contributed by atoms with van der Waals surface area (Å²) in [5.41, 5.74) is 0.659. The molecule has 0 unspecified atom stereocenters. The van der Waals surface area contributed by atoms with E-state index in [4.69, 9.17) is 0 Å². The van der Waals surface area contributed by atoms with Crippen LogP contribution in [0.25, 0.3) is 0 Å². The molecule has 1 heterocycles. The van der Waals surface area contributed by atoms with Gasteiger partial charge in [0, 0.05) is 16.2 Å². The second-order valence-electron chi connectivity index (χ2n) is 4.37. The molecule has 0 saturated carbocycles. The third-order valence-electron chi connectivity index (χ3n) is 2.80. The number of aromatic nitrogens is 1. The number of hydrogen-bond acceptors (Lipinski definition) is 2. The number of carbonyl (C=O) groups is 1. The van der Waals surface area contributed by atoms with E-state index in [0.717, 1.165) is 29.4 Å². The molecule has 0 saturated heterocycles. The van der Waals surface area contributed by atoms with Gasteiger partial charge in [-0.2, -0.15) is 0 Å². The van der Waals surface area contributed by atoms with Crippen LogP contribution in [0, 0.1) is 0 Å². The molecule has 1 aromatic heterocycles. The Balaban J connectivity index is 3.00. The van der Waals surface area contributed by atoms with Crippen LogP contribution in [0.4, 0.5) is 0 Å². The maximum atomic E-state index is 11.9. The quantitative estimate of drug-likeness (QED) is 0.877. The zero-order chi connectivity index (χ0) is 13.7. The summed E-state index contributed by atoms with van der Waals surface area (Å²) in [7, 11) is 0. The number of aryl methyl sites for hydroxylation is 1. The minimum Gasteiger partial charge on any atom is -0.349 e. The Morgan fingerprint density at radius 2 is 2.17 bits per heavy atom. The van der Waals surface area contributed by atoms with Gasteiger partial charge in [-0.15, -0.1) is 0 Å². The van der Waals surface area contributed by atoms with Gasteiger partial charge in [-0.1, -0.05) is 20.3 Å². The lowest BCUT2D eigenvalue weighted by molar-refractivity contribution is 0.0937. The van der Waals surface area contributed by atoms with Crippen LogP contribution in [-0.2, 0) is 6.42 Å². The number of H-pyrrole nitrogens is 1. The van der Waals surface area contributed by atoms with Gasteiger partial charge in [0.2, 0.25) is 0 Å². The third-order valence-corrected chi connectivity index (χ3v) is 3.51. The largest absolute Gasteiger partial charge is 0.349 e. The van der Waals surface area contributed by atoms with Crippen LogP contribution >= 0.6 is 15.9 Å². The lowest BCUT2D eigenvalue weighted by atomic mass is 10.1. The Bertz CT molecular complexity index is 482. The molecule has 0 aromatic carbocycles. The summed E-state index contributed by atoms with van der Waals surface area (Å²) in [6.07, 6.45) is 2.55. The minimum absolute atomic E-state index is 0.0611. The topological polar surface area (TPSA) is 62.0 Å². The highest BCUT2D eigenvalue weighted by atomic mass is 79.9. The SMILES string of the molecule is CCCc1[nH]c(=O)c(C(=O)N[C@@H](C)CC)cc1Br. The van der Waals surface area contributed by atoms with Crippen molar-refractivity contribution in [2.24, 2.45) is 0 Å². The number of aromatic amines is 1. The molecule has 5 heteroatoms. The molecule has 0 aliphatic carbocycles. The average molecular weight is 315 g/mol. The molecule has 0 bridgehead atoms. The first-order valence-electron chi connectivity index (χ1n) is 6.22. The van der Waals surface area contributed by atoms with Gasteiger partial charge in [-0.25, -0.2) is 0 Å². The molecule has 4 nitrogen and oxygen atoms in total. The van der Waals surface area contributed by atoms with E-state index < -0.39 is 0 Å². The van der Waals surface area contributed by atoms with Crippen molar-refractivity contribution in [3.8, 4) is 0 Å². The predicted molar refractivity (Wildman–Crippen MR) is 76.0 cm³/mol. The van der Waals surface area contributed by atoms with Crippen molar-refractivity contribution in [3.05, 3.63) is 32.2 Å². The Morgan fingerprint density at radius 3 is 2.72 bits per heavy atom. The van der Waals surface area contributed by atoms with Crippen LogP contribution in [0.3, 0.4) is 0 Å². The predicted octanol–water partition coefficient (Wildman–Crippen LogP) is 2.62. The summed E-state index contributed by atoms with van der Waals surface area (Å²) in [4.78, 5) is 26.5. The first kappa shape index (κ1) is 15.0. The number of hydrogen-bond donors (Lipinski definition) is 2. The molecule has 0 radical (unpaired) electrons. The highest BCUT2D eigenvalue weighted by Crippen LogP contribution is 2.15. The summed E-state index contributed by atoms with van der Waals surface area (Å²) in [6.45, 7) is 5.93. The molecule has 1 rings (SSSR count). The lowest BCUT2D eigenvalue weighted by Gasteiger charge is -2.11. The highest BCUT2D eigenvalue weighted by molar-refractivity contribution is 9.10. The van der Waals surface area contributed by atoms with E-state index in [9.17, 15) is 9.59 Å². The molecular formula is C13H19BrN2O2. The smallest absolute Gasteiger partial charge is 0.261 e. The minimum atomic E-state index is -0.331. The van der Waals surface area contributed by atoms with E-state index in [0.29, 0.717) is 0 Å². The van der Waals surface area contributed by atoms with Gasteiger partial charge in [0.05, 0.1) is 0 Å². The molecule has 1 amide bonds. The first-order chi connectivity index (χ1) is 8.49. The molecule has 0 aliphatic rings. The van der Waals surface area contributed by atoms with Crippen molar-refractivity contribution in [2.45, 2.75) is 46.1 Å². The van der Waals surface area contributed by atoms with E-state index in [1.807, 2.05) is 20.8 Å². The molecule has 2 N–H and O–H groups in total. The molecule has 1 atom stereocenters. The normalized spacial score (nSPS) is 12.2. The Hall–Kier alpha value is -1.10. The fourth-order valence-corrected chi connectivity index (χ4v) is 2.07. The van der Waals surface area contributed by atoms with Gasteiger partial charge in [-0.3, -0.25) is 9.59 Å². The number of amides is 1. The summed E-state index contributed by atoms with van der Waals surface area (Å²) in [5, 5.41) is 2.79. The van der Waals surface area contributed by atoms with Gasteiger partial charge >= 0.3 is 0 Å². The Labute approximate surface area is 115 Å². The van der Waals surface area contributed by atoms with E-state index in [2.05, 4.69) is 26.2 Å². The fraction of sp³-hybridized carbons (Fsp3) is 0.538.